The van der Waals surface area contributed by atoms with Gasteiger partial charge in [-0.05, 0) is 40.5 Å². The van der Waals surface area contributed by atoms with Crippen LogP contribution in [0.15, 0.2) is 22.7 Å². The van der Waals surface area contributed by atoms with Crippen LogP contribution in [0.25, 0.3) is 0 Å². The molecule has 82 valence electrons. The fraction of sp³-hybridized carbons (Fsp3) is 0.300. The molecule has 15 heavy (non-hydrogen) atoms. The SMILES string of the molecule is CC(NCc1ccc(Cl)c(Br)c1)C(N)=O. The average molecular weight is 292 g/mol. The maximum atomic E-state index is 10.8. The molecular weight excluding hydrogens is 279 g/mol. The van der Waals surface area contributed by atoms with Crippen molar-refractivity contribution in [1.82, 2.24) is 5.32 Å². The first-order valence-electron chi connectivity index (χ1n) is 4.47. The minimum absolute atomic E-state index is 0.334. The van der Waals surface area contributed by atoms with Crippen LogP contribution in [0.2, 0.25) is 5.02 Å². The zero-order chi connectivity index (χ0) is 11.4. The molecule has 0 aliphatic heterocycles. The standard InChI is InChI=1S/C10H12BrClN2O/c1-6(10(13)15)14-5-7-2-3-9(12)8(11)4-7/h2-4,6,14H,5H2,1H3,(H2,13,15). The van der Waals surface area contributed by atoms with Crippen molar-refractivity contribution < 1.29 is 4.79 Å². The second-order valence-corrected chi connectivity index (χ2v) is 4.51. The number of rotatable bonds is 4. The Morgan fingerprint density at radius 3 is 2.87 bits per heavy atom. The zero-order valence-electron chi connectivity index (χ0n) is 8.26. The third kappa shape index (κ3) is 3.81. The fourth-order valence-electron chi connectivity index (χ4n) is 1.02. The highest BCUT2D eigenvalue weighted by Crippen LogP contribution is 2.23. The minimum Gasteiger partial charge on any atom is -0.368 e. The van der Waals surface area contributed by atoms with E-state index in [0.29, 0.717) is 11.6 Å². The van der Waals surface area contributed by atoms with Gasteiger partial charge in [-0.15, -0.1) is 0 Å². The van der Waals surface area contributed by atoms with Crippen LogP contribution in [0, 0.1) is 0 Å². The van der Waals surface area contributed by atoms with Gasteiger partial charge >= 0.3 is 0 Å². The molecule has 1 atom stereocenters. The summed E-state index contributed by atoms with van der Waals surface area (Å²) in [5.41, 5.74) is 6.16. The van der Waals surface area contributed by atoms with Crippen molar-refractivity contribution in [2.24, 2.45) is 5.73 Å². The van der Waals surface area contributed by atoms with Crippen molar-refractivity contribution in [2.75, 3.05) is 0 Å². The van der Waals surface area contributed by atoms with Gasteiger partial charge in [-0.3, -0.25) is 4.79 Å². The van der Waals surface area contributed by atoms with E-state index >= 15 is 0 Å². The molecule has 0 saturated carbocycles. The number of benzene rings is 1. The summed E-state index contributed by atoms with van der Waals surface area (Å²) in [6, 6.07) is 5.27. The first kappa shape index (κ1) is 12.5. The number of nitrogens with two attached hydrogens (primary N) is 1. The van der Waals surface area contributed by atoms with Gasteiger partial charge in [0.05, 0.1) is 11.1 Å². The Kier molecular flexibility index (Phi) is 4.57. The van der Waals surface area contributed by atoms with Gasteiger partial charge in [0.2, 0.25) is 5.91 Å². The summed E-state index contributed by atoms with van der Waals surface area (Å²) < 4.78 is 0.843. The first-order chi connectivity index (χ1) is 7.00. The summed E-state index contributed by atoms with van der Waals surface area (Å²) in [6.07, 6.45) is 0. The monoisotopic (exact) mass is 290 g/mol. The summed E-state index contributed by atoms with van der Waals surface area (Å²) in [5.74, 6) is -0.358. The van der Waals surface area contributed by atoms with E-state index in [1.54, 1.807) is 13.0 Å². The Bertz CT molecular complexity index is 370. The van der Waals surface area contributed by atoms with Crippen LogP contribution >= 0.6 is 27.5 Å². The second kappa shape index (κ2) is 5.49. The van der Waals surface area contributed by atoms with E-state index in [-0.39, 0.29) is 11.9 Å². The van der Waals surface area contributed by atoms with Crippen molar-refractivity contribution in [1.29, 1.82) is 0 Å². The highest BCUT2D eigenvalue weighted by molar-refractivity contribution is 9.10. The molecule has 0 saturated heterocycles. The molecule has 0 aliphatic carbocycles. The lowest BCUT2D eigenvalue weighted by Gasteiger charge is -2.10. The molecule has 0 heterocycles. The van der Waals surface area contributed by atoms with E-state index in [2.05, 4.69) is 21.2 Å². The van der Waals surface area contributed by atoms with Gasteiger partial charge in [0.25, 0.3) is 0 Å². The molecular formula is C10H12BrClN2O. The molecule has 5 heteroatoms. The largest absolute Gasteiger partial charge is 0.368 e. The van der Waals surface area contributed by atoms with Crippen molar-refractivity contribution in [3.05, 3.63) is 33.3 Å². The van der Waals surface area contributed by atoms with Gasteiger partial charge in [0, 0.05) is 11.0 Å². The van der Waals surface area contributed by atoms with Gasteiger partial charge in [-0.25, -0.2) is 0 Å². The Hall–Kier alpha value is -0.580. The highest BCUT2D eigenvalue weighted by atomic mass is 79.9. The fourth-order valence-corrected chi connectivity index (χ4v) is 1.56. The molecule has 1 rings (SSSR count). The number of hydrogen-bond donors (Lipinski definition) is 2. The molecule has 3 N–H and O–H groups in total. The molecule has 0 spiro atoms. The van der Waals surface area contributed by atoms with E-state index in [0.717, 1.165) is 10.0 Å². The Morgan fingerprint density at radius 1 is 1.67 bits per heavy atom. The summed E-state index contributed by atoms with van der Waals surface area (Å²) in [5, 5.41) is 3.67. The summed E-state index contributed by atoms with van der Waals surface area (Å²) in [6.45, 7) is 2.31. The lowest BCUT2D eigenvalue weighted by molar-refractivity contribution is -0.119. The van der Waals surface area contributed by atoms with Crippen LogP contribution in [0.4, 0.5) is 0 Å². The molecule has 0 aromatic heterocycles. The van der Waals surface area contributed by atoms with Crippen LogP contribution < -0.4 is 11.1 Å². The summed E-state index contributed by atoms with van der Waals surface area (Å²) in [7, 11) is 0. The predicted molar refractivity (Wildman–Crippen MR) is 64.6 cm³/mol. The minimum atomic E-state index is -0.358. The van der Waals surface area contributed by atoms with Crippen molar-refractivity contribution in [2.45, 2.75) is 19.5 Å². The Balaban J connectivity index is 2.58. The van der Waals surface area contributed by atoms with E-state index in [9.17, 15) is 4.79 Å². The van der Waals surface area contributed by atoms with Gasteiger partial charge < -0.3 is 11.1 Å². The third-order valence-electron chi connectivity index (χ3n) is 2.02. The topological polar surface area (TPSA) is 55.1 Å². The van der Waals surface area contributed by atoms with Crippen molar-refractivity contribution >= 4 is 33.4 Å². The lowest BCUT2D eigenvalue weighted by atomic mass is 10.2. The maximum Gasteiger partial charge on any atom is 0.234 e. The third-order valence-corrected chi connectivity index (χ3v) is 3.24. The number of halogens is 2. The number of amides is 1. The maximum absolute atomic E-state index is 10.8. The second-order valence-electron chi connectivity index (χ2n) is 3.25. The first-order valence-corrected chi connectivity index (χ1v) is 5.64. The summed E-state index contributed by atoms with van der Waals surface area (Å²) >= 11 is 9.18. The van der Waals surface area contributed by atoms with E-state index in [1.807, 2.05) is 12.1 Å². The number of carbonyl (C=O) groups excluding carboxylic acids is 1. The quantitative estimate of drug-likeness (QED) is 0.892. The zero-order valence-corrected chi connectivity index (χ0v) is 10.6. The predicted octanol–water partition coefficient (Wildman–Crippen LogP) is 2.07. The van der Waals surface area contributed by atoms with E-state index in [1.165, 1.54) is 0 Å². The number of hydrogen-bond acceptors (Lipinski definition) is 2. The molecule has 1 unspecified atom stereocenters. The molecule has 1 aromatic carbocycles. The van der Waals surface area contributed by atoms with Crippen LogP contribution in [0.1, 0.15) is 12.5 Å². The molecule has 3 nitrogen and oxygen atoms in total. The number of primary amides is 1. The van der Waals surface area contributed by atoms with E-state index in [4.69, 9.17) is 17.3 Å². The lowest BCUT2D eigenvalue weighted by Crippen LogP contribution is -2.38. The molecule has 0 radical (unpaired) electrons. The van der Waals surface area contributed by atoms with Gasteiger partial charge in [-0.2, -0.15) is 0 Å². The van der Waals surface area contributed by atoms with Gasteiger partial charge in [-0.1, -0.05) is 17.7 Å². The summed E-state index contributed by atoms with van der Waals surface area (Å²) in [4.78, 5) is 10.8. The molecule has 0 fully saturated rings. The highest BCUT2D eigenvalue weighted by Gasteiger charge is 2.07. The van der Waals surface area contributed by atoms with Gasteiger partial charge in [0.15, 0.2) is 0 Å². The normalized spacial score (nSPS) is 12.5. The number of carbonyl (C=O) groups is 1. The van der Waals surface area contributed by atoms with Crippen LogP contribution in [0.5, 0.6) is 0 Å². The molecule has 1 aromatic rings. The van der Waals surface area contributed by atoms with Crippen LogP contribution in [-0.2, 0) is 11.3 Å². The van der Waals surface area contributed by atoms with Crippen molar-refractivity contribution in [3.63, 3.8) is 0 Å². The Labute approximate surface area is 102 Å². The molecule has 0 aliphatic rings. The smallest absolute Gasteiger partial charge is 0.234 e. The Morgan fingerprint density at radius 2 is 2.33 bits per heavy atom. The molecule has 1 amide bonds. The van der Waals surface area contributed by atoms with Crippen LogP contribution in [0.3, 0.4) is 0 Å². The average Bonchev–Trinajstić information content (AvgIpc) is 2.19. The van der Waals surface area contributed by atoms with Gasteiger partial charge in [0.1, 0.15) is 0 Å². The number of nitrogens with one attached hydrogen (secondary N) is 1. The molecule has 0 bridgehead atoms. The van der Waals surface area contributed by atoms with E-state index < -0.39 is 0 Å². The van der Waals surface area contributed by atoms with Crippen molar-refractivity contribution in [3.8, 4) is 0 Å². The van der Waals surface area contributed by atoms with Crippen LogP contribution in [-0.4, -0.2) is 11.9 Å².